The molecule has 4 heteroatoms. The van der Waals surface area contributed by atoms with Crippen LogP contribution < -0.4 is 5.73 Å². The Bertz CT molecular complexity index is 683. The van der Waals surface area contributed by atoms with Crippen molar-refractivity contribution >= 4 is 11.6 Å². The standard InChI is InChI=1S/C18H22N4/c1-6-9-14(10-7-2)11-12-15-13-20-18(19)21-17(15)16(8-3)22(4)5/h6-10,13H,1H2,2-5H3,(H2,19,20,21). The van der Waals surface area contributed by atoms with E-state index < -0.39 is 0 Å². The molecule has 0 fully saturated rings. The first kappa shape index (κ1) is 17.3. The van der Waals surface area contributed by atoms with E-state index in [0.29, 0.717) is 0 Å². The van der Waals surface area contributed by atoms with Gasteiger partial charge in [0.15, 0.2) is 0 Å². The van der Waals surface area contributed by atoms with Gasteiger partial charge >= 0.3 is 0 Å². The Labute approximate surface area is 132 Å². The van der Waals surface area contributed by atoms with Crippen molar-refractivity contribution in [2.45, 2.75) is 13.8 Å². The van der Waals surface area contributed by atoms with Crippen molar-refractivity contribution in [3.63, 3.8) is 0 Å². The average molecular weight is 294 g/mol. The Balaban J connectivity index is 3.38. The van der Waals surface area contributed by atoms with Crippen LogP contribution >= 0.6 is 0 Å². The van der Waals surface area contributed by atoms with E-state index in [9.17, 15) is 0 Å². The van der Waals surface area contributed by atoms with Gasteiger partial charge in [0.2, 0.25) is 5.95 Å². The summed E-state index contributed by atoms with van der Waals surface area (Å²) in [7, 11) is 3.90. The molecule has 114 valence electrons. The van der Waals surface area contributed by atoms with Crippen LogP contribution in [-0.4, -0.2) is 29.0 Å². The third-order valence-electron chi connectivity index (χ3n) is 2.79. The molecule has 0 aliphatic rings. The van der Waals surface area contributed by atoms with Gasteiger partial charge in [0, 0.05) is 25.9 Å². The molecule has 1 aromatic heterocycles. The van der Waals surface area contributed by atoms with Crippen LogP contribution in [0.5, 0.6) is 0 Å². The van der Waals surface area contributed by atoms with Crippen LogP contribution in [-0.2, 0) is 0 Å². The SMILES string of the molecule is C=CC=C(C#Cc1cnc(N)nc1C(=CC)N(C)C)C=CC. The van der Waals surface area contributed by atoms with Gasteiger partial charge in [0.25, 0.3) is 0 Å². The lowest BCUT2D eigenvalue weighted by molar-refractivity contribution is 0.587. The molecule has 0 amide bonds. The average Bonchev–Trinajstić information content (AvgIpc) is 2.47. The molecule has 2 N–H and O–H groups in total. The summed E-state index contributed by atoms with van der Waals surface area (Å²) < 4.78 is 0. The maximum atomic E-state index is 5.72. The summed E-state index contributed by atoms with van der Waals surface area (Å²) >= 11 is 0. The van der Waals surface area contributed by atoms with Gasteiger partial charge in [-0.25, -0.2) is 9.97 Å². The molecular weight excluding hydrogens is 272 g/mol. The van der Waals surface area contributed by atoms with Crippen LogP contribution in [0, 0.1) is 11.8 Å². The minimum Gasteiger partial charge on any atom is -0.376 e. The first-order chi connectivity index (χ1) is 10.5. The molecular formula is C18H22N4. The number of hydrogen-bond acceptors (Lipinski definition) is 4. The van der Waals surface area contributed by atoms with E-state index >= 15 is 0 Å². The summed E-state index contributed by atoms with van der Waals surface area (Å²) in [6, 6.07) is 0. The first-order valence-electron chi connectivity index (χ1n) is 6.97. The van der Waals surface area contributed by atoms with Crippen LogP contribution in [0.4, 0.5) is 5.95 Å². The highest BCUT2D eigenvalue weighted by Crippen LogP contribution is 2.18. The van der Waals surface area contributed by atoms with Crippen molar-refractivity contribution in [3.8, 4) is 11.8 Å². The number of allylic oxidation sites excluding steroid dienone is 6. The molecule has 1 heterocycles. The lowest BCUT2D eigenvalue weighted by Gasteiger charge is -2.17. The molecule has 4 nitrogen and oxygen atoms in total. The van der Waals surface area contributed by atoms with E-state index in [0.717, 1.165) is 22.5 Å². The van der Waals surface area contributed by atoms with E-state index in [1.165, 1.54) is 0 Å². The Morgan fingerprint density at radius 3 is 2.64 bits per heavy atom. The molecule has 0 aliphatic heterocycles. The highest BCUT2D eigenvalue weighted by molar-refractivity contribution is 5.67. The molecule has 1 rings (SSSR count). The topological polar surface area (TPSA) is 55.0 Å². The highest BCUT2D eigenvalue weighted by Gasteiger charge is 2.11. The fourth-order valence-corrected chi connectivity index (χ4v) is 1.87. The van der Waals surface area contributed by atoms with Crippen molar-refractivity contribution in [2.24, 2.45) is 0 Å². The van der Waals surface area contributed by atoms with Crippen LogP contribution in [0.2, 0.25) is 0 Å². The van der Waals surface area contributed by atoms with Crippen LogP contribution in [0.15, 0.2) is 48.7 Å². The predicted molar refractivity (Wildman–Crippen MR) is 93.8 cm³/mol. The summed E-state index contributed by atoms with van der Waals surface area (Å²) in [5.41, 5.74) is 8.99. The maximum absolute atomic E-state index is 5.72. The molecule has 0 bridgehead atoms. The van der Waals surface area contributed by atoms with E-state index in [-0.39, 0.29) is 5.95 Å². The highest BCUT2D eigenvalue weighted by atomic mass is 15.1. The number of rotatable bonds is 4. The Kier molecular flexibility index (Phi) is 6.65. The zero-order valence-corrected chi connectivity index (χ0v) is 13.6. The second-order valence-corrected chi connectivity index (χ2v) is 4.67. The monoisotopic (exact) mass is 294 g/mol. The van der Waals surface area contributed by atoms with Gasteiger partial charge in [-0.1, -0.05) is 42.7 Å². The number of nitrogen functional groups attached to an aromatic ring is 1. The van der Waals surface area contributed by atoms with E-state index in [2.05, 4.69) is 28.4 Å². The smallest absolute Gasteiger partial charge is 0.220 e. The fourth-order valence-electron chi connectivity index (χ4n) is 1.87. The summed E-state index contributed by atoms with van der Waals surface area (Å²) in [4.78, 5) is 10.4. The molecule has 0 saturated carbocycles. The van der Waals surface area contributed by atoms with Crippen molar-refractivity contribution in [1.82, 2.24) is 14.9 Å². The van der Waals surface area contributed by atoms with Gasteiger partial charge in [-0.2, -0.15) is 0 Å². The van der Waals surface area contributed by atoms with Crippen molar-refractivity contribution in [3.05, 3.63) is 60.0 Å². The van der Waals surface area contributed by atoms with Crippen LogP contribution in [0.3, 0.4) is 0 Å². The molecule has 0 unspecified atom stereocenters. The van der Waals surface area contributed by atoms with Crippen molar-refractivity contribution in [1.29, 1.82) is 0 Å². The molecule has 0 saturated heterocycles. The van der Waals surface area contributed by atoms with Gasteiger partial charge < -0.3 is 10.6 Å². The Morgan fingerprint density at radius 2 is 2.09 bits per heavy atom. The van der Waals surface area contributed by atoms with Gasteiger partial charge in [-0.15, -0.1) is 0 Å². The van der Waals surface area contributed by atoms with Crippen LogP contribution in [0.1, 0.15) is 25.1 Å². The molecule has 0 aliphatic carbocycles. The maximum Gasteiger partial charge on any atom is 0.220 e. The van der Waals surface area contributed by atoms with Gasteiger partial charge in [0.05, 0.1) is 11.3 Å². The van der Waals surface area contributed by atoms with Gasteiger partial charge in [-0.3, -0.25) is 0 Å². The zero-order chi connectivity index (χ0) is 16.5. The summed E-state index contributed by atoms with van der Waals surface area (Å²) in [6.45, 7) is 7.59. The molecule has 0 radical (unpaired) electrons. The zero-order valence-electron chi connectivity index (χ0n) is 13.6. The fraction of sp³-hybridized carbons (Fsp3) is 0.222. The number of nitrogens with zero attached hydrogens (tertiary/aromatic N) is 3. The predicted octanol–water partition coefficient (Wildman–Crippen LogP) is 3.02. The largest absolute Gasteiger partial charge is 0.376 e. The molecule has 1 aromatic rings. The third kappa shape index (κ3) is 4.64. The molecule has 0 aromatic carbocycles. The normalized spacial score (nSPS) is 12.0. The van der Waals surface area contributed by atoms with E-state index in [1.54, 1.807) is 12.3 Å². The third-order valence-corrected chi connectivity index (χ3v) is 2.79. The molecule has 0 atom stereocenters. The number of anilines is 1. The minimum atomic E-state index is 0.233. The van der Waals surface area contributed by atoms with Crippen molar-refractivity contribution in [2.75, 3.05) is 19.8 Å². The number of aromatic nitrogens is 2. The van der Waals surface area contributed by atoms with E-state index in [4.69, 9.17) is 5.73 Å². The lowest BCUT2D eigenvalue weighted by Crippen LogP contribution is -2.13. The lowest BCUT2D eigenvalue weighted by atomic mass is 10.1. The Hall–Kier alpha value is -2.80. The summed E-state index contributed by atoms with van der Waals surface area (Å²) in [5, 5.41) is 0. The van der Waals surface area contributed by atoms with Crippen LogP contribution in [0.25, 0.3) is 5.70 Å². The first-order valence-corrected chi connectivity index (χ1v) is 6.97. The molecule has 22 heavy (non-hydrogen) atoms. The minimum absolute atomic E-state index is 0.233. The Morgan fingerprint density at radius 1 is 1.36 bits per heavy atom. The van der Waals surface area contributed by atoms with Crippen molar-refractivity contribution < 1.29 is 0 Å². The second kappa shape index (κ2) is 8.48. The molecule has 0 spiro atoms. The van der Waals surface area contributed by atoms with Gasteiger partial charge in [-0.05, 0) is 19.9 Å². The van der Waals surface area contributed by atoms with Gasteiger partial charge in [0.1, 0.15) is 5.69 Å². The second-order valence-electron chi connectivity index (χ2n) is 4.67. The number of nitrogens with two attached hydrogens (primary N) is 1. The quantitative estimate of drug-likeness (QED) is 0.685. The summed E-state index contributed by atoms with van der Waals surface area (Å²) in [6.07, 6.45) is 11.0. The van der Waals surface area contributed by atoms with E-state index in [1.807, 2.05) is 57.1 Å². The number of hydrogen-bond donors (Lipinski definition) is 1. The summed E-state index contributed by atoms with van der Waals surface area (Å²) in [5.74, 6) is 6.45.